The predicted molar refractivity (Wildman–Crippen MR) is 135 cm³/mol. The Morgan fingerprint density at radius 2 is 1.73 bits per heavy atom. The van der Waals surface area contributed by atoms with E-state index in [1.165, 1.54) is 22.5 Å². The number of hydrogen-bond donors (Lipinski definition) is 3. The second-order valence-electron chi connectivity index (χ2n) is 8.72. The molecule has 168 valence electrons. The van der Waals surface area contributed by atoms with E-state index in [4.69, 9.17) is 5.73 Å². The van der Waals surface area contributed by atoms with Crippen LogP contribution in [0.15, 0.2) is 72.8 Å². The van der Waals surface area contributed by atoms with Crippen molar-refractivity contribution in [1.82, 2.24) is 4.98 Å². The Hall–Kier alpha value is -3.57. The van der Waals surface area contributed by atoms with Gasteiger partial charge in [0.15, 0.2) is 0 Å². The normalized spacial score (nSPS) is 13.8. The summed E-state index contributed by atoms with van der Waals surface area (Å²) in [7, 11) is 0. The van der Waals surface area contributed by atoms with Gasteiger partial charge in [0, 0.05) is 35.4 Å². The molecule has 5 rings (SSSR count). The first kappa shape index (κ1) is 21.3. The van der Waals surface area contributed by atoms with Gasteiger partial charge in [-0.1, -0.05) is 61.5 Å². The molecule has 5 nitrogen and oxygen atoms in total. The van der Waals surface area contributed by atoms with Crippen LogP contribution in [0, 0.1) is 0 Å². The molecule has 5 heteroatoms. The van der Waals surface area contributed by atoms with E-state index in [1.807, 2.05) is 36.4 Å². The average molecular weight is 439 g/mol. The number of benzene rings is 3. The summed E-state index contributed by atoms with van der Waals surface area (Å²) in [4.78, 5) is 19.2. The van der Waals surface area contributed by atoms with Gasteiger partial charge in [-0.15, -0.1) is 0 Å². The van der Waals surface area contributed by atoms with Crippen molar-refractivity contribution in [2.45, 2.75) is 38.8 Å². The Labute approximate surface area is 194 Å². The minimum atomic E-state index is -0.267. The molecule has 33 heavy (non-hydrogen) atoms. The van der Waals surface area contributed by atoms with Gasteiger partial charge in [-0.25, -0.2) is 0 Å². The molecule has 1 aliphatic heterocycles. The van der Waals surface area contributed by atoms with Crippen molar-refractivity contribution in [3.05, 3.63) is 95.2 Å². The molecular weight excluding hydrogens is 408 g/mol. The zero-order chi connectivity index (χ0) is 22.8. The number of H-pyrrole nitrogens is 1. The minimum Gasteiger partial charge on any atom is -0.361 e. The number of aromatic amines is 1. The van der Waals surface area contributed by atoms with Crippen molar-refractivity contribution in [1.29, 1.82) is 0 Å². The van der Waals surface area contributed by atoms with E-state index in [1.54, 1.807) is 0 Å². The highest BCUT2D eigenvalue weighted by atomic mass is 16.1. The number of carbonyl (C=O) groups is 1. The lowest BCUT2D eigenvalue weighted by molar-refractivity contribution is -0.117. The maximum atomic E-state index is 13.2. The Bertz CT molecular complexity index is 1250. The summed E-state index contributed by atoms with van der Waals surface area (Å²) in [6.45, 7) is 4.44. The lowest BCUT2D eigenvalue weighted by Gasteiger charge is -2.20. The molecule has 4 N–H and O–H groups in total. The molecule has 0 radical (unpaired) electrons. The molecule has 1 aromatic heterocycles. The maximum absolute atomic E-state index is 13.2. The van der Waals surface area contributed by atoms with Crippen LogP contribution in [0.4, 0.5) is 11.4 Å². The topological polar surface area (TPSA) is 74.1 Å². The second kappa shape index (κ2) is 9.12. The van der Waals surface area contributed by atoms with Crippen molar-refractivity contribution < 1.29 is 4.79 Å². The van der Waals surface area contributed by atoms with Crippen LogP contribution in [0.2, 0.25) is 0 Å². The van der Waals surface area contributed by atoms with Gasteiger partial charge in [-0.3, -0.25) is 4.79 Å². The fraction of sp³-hybridized carbons (Fsp3) is 0.250. The first-order valence-corrected chi connectivity index (χ1v) is 11.7. The molecule has 1 amide bonds. The van der Waals surface area contributed by atoms with Crippen molar-refractivity contribution in [2.75, 3.05) is 16.8 Å². The molecule has 0 saturated carbocycles. The molecule has 0 spiro atoms. The minimum absolute atomic E-state index is 0.0209. The fourth-order valence-corrected chi connectivity index (χ4v) is 4.95. The number of anilines is 2. The van der Waals surface area contributed by atoms with Crippen LogP contribution in [0.25, 0.3) is 10.9 Å². The average Bonchev–Trinajstić information content (AvgIpc) is 3.43. The lowest BCUT2D eigenvalue weighted by atomic mass is 9.94. The van der Waals surface area contributed by atoms with Crippen molar-refractivity contribution in [3.8, 4) is 0 Å². The fourth-order valence-electron chi connectivity index (χ4n) is 4.95. The zero-order valence-corrected chi connectivity index (χ0v) is 19.0. The molecule has 1 atom stereocenters. The number of aromatic nitrogens is 1. The van der Waals surface area contributed by atoms with Crippen LogP contribution < -0.4 is 16.0 Å². The van der Waals surface area contributed by atoms with Crippen molar-refractivity contribution in [2.24, 2.45) is 5.73 Å². The Balaban J connectivity index is 1.46. The SMILES string of the molecule is CCc1[nH]c2ccc(NC(=O)C(CCN)c3ccccc3)cc2c1N1Cc2ccccc2C1. The summed E-state index contributed by atoms with van der Waals surface area (Å²) >= 11 is 0. The largest absolute Gasteiger partial charge is 0.361 e. The van der Waals surface area contributed by atoms with Gasteiger partial charge in [0.2, 0.25) is 5.91 Å². The van der Waals surface area contributed by atoms with Crippen LogP contribution in [0.1, 0.15) is 41.6 Å². The Kier molecular flexibility index (Phi) is 5.88. The van der Waals surface area contributed by atoms with Gasteiger partial charge in [-0.2, -0.15) is 0 Å². The van der Waals surface area contributed by atoms with E-state index in [0.717, 1.165) is 41.7 Å². The van der Waals surface area contributed by atoms with Crippen LogP contribution in [-0.2, 0) is 24.3 Å². The number of aryl methyl sites for hydroxylation is 1. The van der Waals surface area contributed by atoms with Gasteiger partial charge < -0.3 is 20.9 Å². The predicted octanol–water partition coefficient (Wildman–Crippen LogP) is 5.32. The molecule has 1 aliphatic rings. The standard InChI is InChI=1S/C28H30N4O/c1-2-25-27(32-17-20-10-6-7-11-21(20)18-32)24-16-22(12-13-26(24)31-25)30-28(33)23(14-15-29)19-8-4-3-5-9-19/h3-13,16,23,31H,2,14-15,17-18,29H2,1H3,(H,30,33). The highest BCUT2D eigenvalue weighted by Crippen LogP contribution is 2.38. The summed E-state index contributed by atoms with van der Waals surface area (Å²) in [6.07, 6.45) is 1.53. The highest BCUT2D eigenvalue weighted by molar-refractivity contribution is 6.01. The summed E-state index contributed by atoms with van der Waals surface area (Å²) in [5.41, 5.74) is 14.0. The molecule has 0 aliphatic carbocycles. The molecule has 0 bridgehead atoms. The summed E-state index contributed by atoms with van der Waals surface area (Å²) < 4.78 is 0. The highest BCUT2D eigenvalue weighted by Gasteiger charge is 2.25. The van der Waals surface area contributed by atoms with E-state index in [2.05, 4.69) is 58.5 Å². The van der Waals surface area contributed by atoms with E-state index in [0.29, 0.717) is 13.0 Å². The van der Waals surface area contributed by atoms with Gasteiger partial charge in [0.25, 0.3) is 0 Å². The lowest BCUT2D eigenvalue weighted by Crippen LogP contribution is -2.23. The first-order valence-electron chi connectivity index (χ1n) is 11.7. The van der Waals surface area contributed by atoms with Crippen molar-refractivity contribution >= 4 is 28.2 Å². The quantitative estimate of drug-likeness (QED) is 0.365. The van der Waals surface area contributed by atoms with Crippen LogP contribution in [-0.4, -0.2) is 17.4 Å². The van der Waals surface area contributed by atoms with Gasteiger partial charge in [0.1, 0.15) is 0 Å². The number of fused-ring (bicyclic) bond motifs is 2. The van der Waals surface area contributed by atoms with Crippen LogP contribution >= 0.6 is 0 Å². The smallest absolute Gasteiger partial charge is 0.231 e. The molecule has 3 aromatic carbocycles. The Morgan fingerprint density at radius 1 is 1.03 bits per heavy atom. The number of amides is 1. The third-order valence-corrected chi connectivity index (χ3v) is 6.60. The molecule has 4 aromatic rings. The number of nitrogens with one attached hydrogen (secondary N) is 2. The van der Waals surface area contributed by atoms with E-state index < -0.39 is 0 Å². The summed E-state index contributed by atoms with van der Waals surface area (Å²) in [6, 6.07) is 24.7. The number of rotatable bonds is 7. The van der Waals surface area contributed by atoms with Gasteiger partial charge >= 0.3 is 0 Å². The number of hydrogen-bond acceptors (Lipinski definition) is 3. The molecular formula is C28H30N4O. The maximum Gasteiger partial charge on any atom is 0.231 e. The summed E-state index contributed by atoms with van der Waals surface area (Å²) in [5, 5.41) is 4.30. The monoisotopic (exact) mass is 438 g/mol. The first-order chi connectivity index (χ1) is 16.2. The van der Waals surface area contributed by atoms with Gasteiger partial charge in [0.05, 0.1) is 11.6 Å². The number of carbonyl (C=O) groups excluding carboxylic acids is 1. The third kappa shape index (κ3) is 4.12. The second-order valence-corrected chi connectivity index (χ2v) is 8.72. The van der Waals surface area contributed by atoms with E-state index in [-0.39, 0.29) is 11.8 Å². The Morgan fingerprint density at radius 3 is 2.39 bits per heavy atom. The number of nitrogens with zero attached hydrogens (tertiary/aromatic N) is 1. The zero-order valence-electron chi connectivity index (χ0n) is 19.0. The van der Waals surface area contributed by atoms with Crippen molar-refractivity contribution in [3.63, 3.8) is 0 Å². The molecule has 0 fully saturated rings. The van der Waals surface area contributed by atoms with E-state index in [9.17, 15) is 4.79 Å². The third-order valence-electron chi connectivity index (χ3n) is 6.60. The summed E-state index contributed by atoms with van der Waals surface area (Å²) in [5.74, 6) is -0.288. The van der Waals surface area contributed by atoms with Crippen LogP contribution in [0.5, 0.6) is 0 Å². The number of nitrogens with two attached hydrogens (primary N) is 1. The molecule has 0 saturated heterocycles. The van der Waals surface area contributed by atoms with Crippen LogP contribution in [0.3, 0.4) is 0 Å². The van der Waals surface area contributed by atoms with E-state index >= 15 is 0 Å². The molecule has 1 unspecified atom stereocenters. The molecule has 2 heterocycles. The van der Waals surface area contributed by atoms with Gasteiger partial charge in [-0.05, 0) is 54.3 Å².